The Morgan fingerprint density at radius 2 is 1.50 bits per heavy atom. The first kappa shape index (κ1) is 18.2. The summed E-state index contributed by atoms with van der Waals surface area (Å²) in [6.07, 6.45) is 0. The van der Waals surface area contributed by atoms with Crippen LogP contribution in [-0.4, -0.2) is 11.8 Å². The van der Waals surface area contributed by atoms with Gasteiger partial charge in [0.1, 0.15) is 0 Å². The monoisotopic (exact) mass is 344 g/mol. The van der Waals surface area contributed by atoms with Gasteiger partial charge in [-0.05, 0) is 55.7 Å². The van der Waals surface area contributed by atoms with Gasteiger partial charge in [0.2, 0.25) is 5.91 Å². The highest BCUT2D eigenvalue weighted by Crippen LogP contribution is 2.29. The third-order valence-electron chi connectivity index (χ3n) is 3.52. The van der Waals surface area contributed by atoms with E-state index < -0.39 is 5.41 Å². The number of benzene rings is 1. The van der Waals surface area contributed by atoms with Crippen LogP contribution in [0.1, 0.15) is 47.1 Å². The van der Waals surface area contributed by atoms with Gasteiger partial charge in [0, 0.05) is 11.1 Å². The van der Waals surface area contributed by atoms with Crippen molar-refractivity contribution in [3.8, 4) is 0 Å². The lowest BCUT2D eigenvalue weighted by Crippen LogP contribution is -2.27. The van der Waals surface area contributed by atoms with Gasteiger partial charge >= 0.3 is 0 Å². The number of anilines is 2. The molecular formula is C19H24N2O2S. The number of nitrogens with one attached hydrogen (secondary N) is 2. The summed E-state index contributed by atoms with van der Waals surface area (Å²) >= 11 is 1.30. The molecule has 1 aromatic carbocycles. The molecule has 24 heavy (non-hydrogen) atoms. The van der Waals surface area contributed by atoms with E-state index in [1.807, 2.05) is 59.7 Å². The topological polar surface area (TPSA) is 58.2 Å². The number of rotatable bonds is 3. The predicted molar refractivity (Wildman–Crippen MR) is 101 cm³/mol. The predicted octanol–water partition coefficient (Wildman–Crippen LogP) is 4.91. The Labute approximate surface area is 147 Å². The van der Waals surface area contributed by atoms with Gasteiger partial charge in [-0.2, -0.15) is 0 Å². The minimum Gasteiger partial charge on any atom is -0.321 e. The first-order valence-electron chi connectivity index (χ1n) is 7.88. The molecule has 0 bridgehead atoms. The van der Waals surface area contributed by atoms with Crippen LogP contribution in [0.25, 0.3) is 0 Å². The minimum absolute atomic E-state index is 0.0648. The van der Waals surface area contributed by atoms with Gasteiger partial charge in [-0.3, -0.25) is 9.59 Å². The molecular weight excluding hydrogens is 320 g/mol. The van der Waals surface area contributed by atoms with E-state index in [1.54, 1.807) is 0 Å². The van der Waals surface area contributed by atoms with Crippen LogP contribution in [0.15, 0.2) is 24.3 Å². The summed E-state index contributed by atoms with van der Waals surface area (Å²) < 4.78 is 0. The van der Waals surface area contributed by atoms with Crippen LogP contribution in [0.2, 0.25) is 0 Å². The maximum Gasteiger partial charge on any atom is 0.266 e. The molecule has 0 unspecified atom stereocenters. The van der Waals surface area contributed by atoms with E-state index in [2.05, 4.69) is 16.7 Å². The molecule has 5 heteroatoms. The first-order valence-corrected chi connectivity index (χ1v) is 8.69. The SMILES string of the molecule is Cc1cc(C)cc(NC(=O)c2sc(NC(=O)C(C)(C)C)cc2C)c1. The first-order chi connectivity index (χ1) is 11.1. The molecule has 1 aromatic heterocycles. The van der Waals surface area contributed by atoms with Crippen LogP contribution in [0.3, 0.4) is 0 Å². The Hall–Kier alpha value is -2.14. The smallest absolute Gasteiger partial charge is 0.266 e. The van der Waals surface area contributed by atoms with Gasteiger partial charge in [-0.25, -0.2) is 0 Å². The summed E-state index contributed by atoms with van der Waals surface area (Å²) in [7, 11) is 0. The molecule has 128 valence electrons. The zero-order chi connectivity index (χ0) is 18.1. The molecule has 0 saturated carbocycles. The van der Waals surface area contributed by atoms with Crippen molar-refractivity contribution in [2.45, 2.75) is 41.5 Å². The van der Waals surface area contributed by atoms with Gasteiger partial charge in [-0.1, -0.05) is 26.8 Å². The number of carbonyl (C=O) groups excluding carboxylic acids is 2. The normalized spacial score (nSPS) is 11.2. The highest BCUT2D eigenvalue weighted by atomic mass is 32.1. The largest absolute Gasteiger partial charge is 0.321 e. The summed E-state index contributed by atoms with van der Waals surface area (Å²) in [5, 5.41) is 6.51. The second kappa shape index (κ2) is 6.77. The molecule has 0 saturated heterocycles. The average Bonchev–Trinajstić information content (AvgIpc) is 2.77. The third-order valence-corrected chi connectivity index (χ3v) is 4.67. The average molecular weight is 344 g/mol. The van der Waals surface area contributed by atoms with Gasteiger partial charge < -0.3 is 10.6 Å². The van der Waals surface area contributed by atoms with Gasteiger partial charge in [0.15, 0.2) is 0 Å². The molecule has 0 aliphatic rings. The minimum atomic E-state index is -0.473. The van der Waals surface area contributed by atoms with Gasteiger partial charge in [-0.15, -0.1) is 11.3 Å². The number of amides is 2. The lowest BCUT2D eigenvalue weighted by molar-refractivity contribution is -0.123. The quantitative estimate of drug-likeness (QED) is 0.831. The summed E-state index contributed by atoms with van der Waals surface area (Å²) in [6, 6.07) is 7.78. The Morgan fingerprint density at radius 1 is 0.917 bits per heavy atom. The molecule has 0 fully saturated rings. The second-order valence-corrected chi connectivity index (χ2v) is 8.21. The highest BCUT2D eigenvalue weighted by Gasteiger charge is 2.23. The van der Waals surface area contributed by atoms with Crippen molar-refractivity contribution in [3.63, 3.8) is 0 Å². The van der Waals surface area contributed by atoms with Crippen molar-refractivity contribution in [1.82, 2.24) is 0 Å². The van der Waals surface area contributed by atoms with E-state index in [-0.39, 0.29) is 11.8 Å². The number of thiophene rings is 1. The van der Waals surface area contributed by atoms with Crippen molar-refractivity contribution in [2.75, 3.05) is 10.6 Å². The molecule has 4 nitrogen and oxygen atoms in total. The Bertz CT molecular complexity index is 765. The lowest BCUT2D eigenvalue weighted by atomic mass is 9.96. The fourth-order valence-electron chi connectivity index (χ4n) is 2.30. The lowest BCUT2D eigenvalue weighted by Gasteiger charge is -2.16. The van der Waals surface area contributed by atoms with E-state index in [4.69, 9.17) is 0 Å². The van der Waals surface area contributed by atoms with E-state index in [0.29, 0.717) is 9.88 Å². The van der Waals surface area contributed by atoms with Crippen molar-refractivity contribution < 1.29 is 9.59 Å². The second-order valence-electron chi connectivity index (χ2n) is 7.16. The molecule has 2 aromatic rings. The van der Waals surface area contributed by atoms with Crippen LogP contribution in [-0.2, 0) is 4.79 Å². The van der Waals surface area contributed by atoms with Crippen LogP contribution in [0.4, 0.5) is 10.7 Å². The molecule has 1 heterocycles. The number of carbonyl (C=O) groups is 2. The van der Waals surface area contributed by atoms with Crippen LogP contribution in [0, 0.1) is 26.2 Å². The molecule has 2 N–H and O–H groups in total. The maximum absolute atomic E-state index is 12.5. The van der Waals surface area contributed by atoms with Crippen molar-refractivity contribution >= 4 is 33.8 Å². The maximum atomic E-state index is 12.5. The summed E-state index contributed by atoms with van der Waals surface area (Å²) in [5.74, 6) is -0.219. The number of aryl methyl sites for hydroxylation is 3. The van der Waals surface area contributed by atoms with Gasteiger partial charge in [0.25, 0.3) is 5.91 Å². The number of hydrogen-bond donors (Lipinski definition) is 2. The van der Waals surface area contributed by atoms with Crippen LogP contribution in [0.5, 0.6) is 0 Å². The molecule has 2 rings (SSSR count). The Balaban J connectivity index is 2.17. The zero-order valence-corrected chi connectivity index (χ0v) is 15.9. The molecule has 0 atom stereocenters. The molecule has 0 aliphatic carbocycles. The fraction of sp³-hybridized carbons (Fsp3) is 0.368. The Kier molecular flexibility index (Phi) is 5.13. The van der Waals surface area contributed by atoms with E-state index in [0.717, 1.165) is 22.4 Å². The number of hydrogen-bond acceptors (Lipinski definition) is 3. The van der Waals surface area contributed by atoms with E-state index in [9.17, 15) is 9.59 Å². The standard InChI is InChI=1S/C19H24N2O2S/c1-11-7-12(2)9-14(8-11)20-17(22)16-13(3)10-15(24-16)21-18(23)19(4,5)6/h7-10H,1-6H3,(H,20,22)(H,21,23). The van der Waals surface area contributed by atoms with Crippen molar-refractivity contribution in [1.29, 1.82) is 0 Å². The van der Waals surface area contributed by atoms with Crippen LogP contribution < -0.4 is 10.6 Å². The Morgan fingerprint density at radius 3 is 2.04 bits per heavy atom. The van der Waals surface area contributed by atoms with Gasteiger partial charge in [0.05, 0.1) is 9.88 Å². The third kappa shape index (κ3) is 4.45. The van der Waals surface area contributed by atoms with E-state index >= 15 is 0 Å². The highest BCUT2D eigenvalue weighted by molar-refractivity contribution is 7.18. The van der Waals surface area contributed by atoms with Crippen molar-refractivity contribution in [2.24, 2.45) is 5.41 Å². The van der Waals surface area contributed by atoms with E-state index in [1.165, 1.54) is 11.3 Å². The summed E-state index contributed by atoms with van der Waals surface area (Å²) in [5.41, 5.74) is 3.37. The summed E-state index contributed by atoms with van der Waals surface area (Å²) in [6.45, 7) is 11.4. The fourth-order valence-corrected chi connectivity index (χ4v) is 3.27. The van der Waals surface area contributed by atoms with Crippen LogP contribution >= 0.6 is 11.3 Å². The molecule has 0 radical (unpaired) electrons. The zero-order valence-electron chi connectivity index (χ0n) is 15.0. The molecule has 0 spiro atoms. The summed E-state index contributed by atoms with van der Waals surface area (Å²) in [4.78, 5) is 25.2. The molecule has 2 amide bonds. The molecule has 0 aliphatic heterocycles. The van der Waals surface area contributed by atoms with Crippen molar-refractivity contribution in [3.05, 3.63) is 45.8 Å².